The first-order valence-corrected chi connectivity index (χ1v) is 6.17. The Balaban J connectivity index is 0.00000112. The molecule has 0 bridgehead atoms. The average molecular weight is 325 g/mol. The third-order valence-corrected chi connectivity index (χ3v) is 3.86. The number of nitrogens with zero attached hydrogens (tertiary/aromatic N) is 1. The summed E-state index contributed by atoms with van der Waals surface area (Å²) in [7, 11) is 2.41. The van der Waals surface area contributed by atoms with Crippen LogP contribution in [-0.4, -0.2) is 43.4 Å². The molecular formula is C12H24INO. The molecule has 2 unspecified atom stereocenters. The predicted molar refractivity (Wildman–Crippen MR) is 58.2 cm³/mol. The lowest BCUT2D eigenvalue weighted by atomic mass is 10.1. The highest BCUT2D eigenvalue weighted by Gasteiger charge is 2.32. The van der Waals surface area contributed by atoms with Gasteiger partial charge in [-0.3, -0.25) is 0 Å². The van der Waals surface area contributed by atoms with Crippen LogP contribution >= 0.6 is 0 Å². The molecule has 0 aromatic heterocycles. The van der Waals surface area contributed by atoms with E-state index in [1.807, 2.05) is 0 Å². The van der Waals surface area contributed by atoms with Gasteiger partial charge >= 0.3 is 0 Å². The molecule has 2 atom stereocenters. The molecule has 2 fully saturated rings. The third-order valence-electron chi connectivity index (χ3n) is 3.86. The second-order valence-electron chi connectivity index (χ2n) is 5.46. The normalized spacial score (nSPS) is 34.8. The van der Waals surface area contributed by atoms with Gasteiger partial charge in [0.15, 0.2) is 0 Å². The van der Waals surface area contributed by atoms with Crippen molar-refractivity contribution in [2.75, 3.05) is 26.7 Å². The summed E-state index contributed by atoms with van der Waals surface area (Å²) >= 11 is 0. The van der Waals surface area contributed by atoms with E-state index in [0.717, 1.165) is 0 Å². The highest BCUT2D eigenvalue weighted by molar-refractivity contribution is 4.70. The molecule has 15 heavy (non-hydrogen) atoms. The Morgan fingerprint density at radius 2 is 1.80 bits per heavy atom. The van der Waals surface area contributed by atoms with Crippen LogP contribution in [0.25, 0.3) is 0 Å². The van der Waals surface area contributed by atoms with Crippen LogP contribution in [0.4, 0.5) is 0 Å². The third kappa shape index (κ3) is 3.86. The number of likely N-dealkylation sites (N-methyl/N-ethyl adjacent to an activating group) is 1. The second-order valence-corrected chi connectivity index (χ2v) is 5.46. The van der Waals surface area contributed by atoms with Crippen LogP contribution in [0.5, 0.6) is 0 Å². The molecule has 2 aliphatic rings. The molecule has 0 amide bonds. The van der Waals surface area contributed by atoms with Crippen LogP contribution in [0, 0.1) is 0 Å². The predicted octanol–water partition coefficient (Wildman–Crippen LogP) is -0.812. The number of ether oxygens (including phenoxy) is 1. The summed E-state index contributed by atoms with van der Waals surface area (Å²) in [6, 6.07) is 0. The van der Waals surface area contributed by atoms with Crippen molar-refractivity contribution in [1.29, 1.82) is 0 Å². The lowest BCUT2D eigenvalue weighted by Gasteiger charge is -2.39. The molecule has 0 N–H and O–H groups in total. The van der Waals surface area contributed by atoms with Gasteiger partial charge in [0.05, 0.1) is 26.2 Å². The molecule has 90 valence electrons. The van der Waals surface area contributed by atoms with Crippen molar-refractivity contribution in [1.82, 2.24) is 0 Å². The van der Waals surface area contributed by atoms with Gasteiger partial charge in [0, 0.05) is 0 Å². The van der Waals surface area contributed by atoms with Crippen molar-refractivity contribution < 1.29 is 33.2 Å². The Labute approximate surface area is 111 Å². The van der Waals surface area contributed by atoms with Gasteiger partial charge in [-0.25, -0.2) is 0 Å². The number of halogens is 1. The van der Waals surface area contributed by atoms with Gasteiger partial charge in [-0.15, -0.1) is 0 Å². The topological polar surface area (TPSA) is 9.23 Å². The van der Waals surface area contributed by atoms with Crippen molar-refractivity contribution in [2.24, 2.45) is 0 Å². The van der Waals surface area contributed by atoms with Crippen LogP contribution in [-0.2, 0) is 4.74 Å². The standard InChI is InChI=1S/C12H24NO.HI/c1-11-6-7-12(14-11)10-13(2)8-4-3-5-9-13;/h11-12H,3-10H2,1-2H3;1H/q+1;/p-1. The van der Waals surface area contributed by atoms with Gasteiger partial charge in [-0.1, -0.05) is 0 Å². The van der Waals surface area contributed by atoms with Crippen LogP contribution in [0.15, 0.2) is 0 Å². The number of piperidine rings is 1. The van der Waals surface area contributed by atoms with Crippen molar-refractivity contribution in [3.05, 3.63) is 0 Å². The lowest BCUT2D eigenvalue weighted by molar-refractivity contribution is -0.916. The van der Waals surface area contributed by atoms with E-state index in [4.69, 9.17) is 4.74 Å². The van der Waals surface area contributed by atoms with Crippen molar-refractivity contribution in [3.8, 4) is 0 Å². The van der Waals surface area contributed by atoms with E-state index in [-0.39, 0.29) is 24.0 Å². The summed E-state index contributed by atoms with van der Waals surface area (Å²) in [5, 5.41) is 0. The molecule has 3 heteroatoms. The zero-order valence-electron chi connectivity index (χ0n) is 10.0. The number of quaternary nitrogens is 1. The molecule has 0 saturated carbocycles. The molecule has 2 rings (SSSR count). The summed E-state index contributed by atoms with van der Waals surface area (Å²) in [5.41, 5.74) is 0. The molecule has 2 heterocycles. The fourth-order valence-electron chi connectivity index (χ4n) is 2.97. The maximum atomic E-state index is 5.91. The van der Waals surface area contributed by atoms with E-state index in [0.29, 0.717) is 12.2 Å². The summed E-state index contributed by atoms with van der Waals surface area (Å²) in [6.45, 7) is 6.20. The van der Waals surface area contributed by atoms with Crippen molar-refractivity contribution in [3.63, 3.8) is 0 Å². The maximum absolute atomic E-state index is 5.91. The minimum Gasteiger partial charge on any atom is -1.00 e. The van der Waals surface area contributed by atoms with E-state index >= 15 is 0 Å². The maximum Gasteiger partial charge on any atom is 0.107 e. The Kier molecular flexibility index (Phi) is 5.32. The molecule has 0 aromatic carbocycles. The van der Waals surface area contributed by atoms with Gasteiger partial charge in [-0.05, 0) is 39.0 Å². The van der Waals surface area contributed by atoms with E-state index in [2.05, 4.69) is 14.0 Å². The van der Waals surface area contributed by atoms with Crippen LogP contribution < -0.4 is 24.0 Å². The minimum atomic E-state index is 0. The van der Waals surface area contributed by atoms with Gasteiger partial charge in [-0.2, -0.15) is 0 Å². The fourth-order valence-corrected chi connectivity index (χ4v) is 2.97. The minimum absolute atomic E-state index is 0. The summed E-state index contributed by atoms with van der Waals surface area (Å²) in [4.78, 5) is 0. The summed E-state index contributed by atoms with van der Waals surface area (Å²) < 4.78 is 7.17. The number of hydrogen-bond acceptors (Lipinski definition) is 1. The lowest BCUT2D eigenvalue weighted by Crippen LogP contribution is -3.00. The summed E-state index contributed by atoms with van der Waals surface area (Å²) in [5.74, 6) is 0. The number of hydrogen-bond donors (Lipinski definition) is 0. The molecule has 0 aromatic rings. The molecule has 2 nitrogen and oxygen atoms in total. The highest BCUT2D eigenvalue weighted by atomic mass is 127. The van der Waals surface area contributed by atoms with E-state index in [1.54, 1.807) is 0 Å². The monoisotopic (exact) mass is 325 g/mol. The van der Waals surface area contributed by atoms with Crippen molar-refractivity contribution >= 4 is 0 Å². The Morgan fingerprint density at radius 3 is 2.33 bits per heavy atom. The van der Waals surface area contributed by atoms with Gasteiger partial charge < -0.3 is 33.2 Å². The van der Waals surface area contributed by atoms with Crippen LogP contribution in [0.2, 0.25) is 0 Å². The van der Waals surface area contributed by atoms with Crippen LogP contribution in [0.3, 0.4) is 0 Å². The SMILES string of the molecule is CC1CCC(C[N+]2(C)CCCCC2)O1.[I-]. The van der Waals surface area contributed by atoms with E-state index < -0.39 is 0 Å². The molecule has 0 radical (unpaired) electrons. The van der Waals surface area contributed by atoms with E-state index in [9.17, 15) is 0 Å². The fraction of sp³-hybridized carbons (Fsp3) is 1.00. The molecule has 2 aliphatic heterocycles. The largest absolute Gasteiger partial charge is 1.00 e. The molecule has 2 saturated heterocycles. The Bertz CT molecular complexity index is 192. The zero-order valence-corrected chi connectivity index (χ0v) is 12.2. The van der Waals surface area contributed by atoms with Gasteiger partial charge in [0.25, 0.3) is 0 Å². The van der Waals surface area contributed by atoms with Gasteiger partial charge in [0.1, 0.15) is 12.6 Å². The first kappa shape index (κ1) is 13.7. The molecule has 0 aliphatic carbocycles. The number of rotatable bonds is 2. The molecular weight excluding hydrogens is 301 g/mol. The van der Waals surface area contributed by atoms with E-state index in [1.165, 1.54) is 56.2 Å². The zero-order chi connectivity index (χ0) is 10.0. The molecule has 0 spiro atoms. The Morgan fingerprint density at radius 1 is 1.13 bits per heavy atom. The smallest absolute Gasteiger partial charge is 0.107 e. The summed E-state index contributed by atoms with van der Waals surface area (Å²) in [6.07, 6.45) is 7.89. The second kappa shape index (κ2) is 5.82. The Hall–Kier alpha value is 0.650. The average Bonchev–Trinajstić information content (AvgIpc) is 2.51. The number of likely N-dealkylation sites (tertiary alicyclic amines) is 1. The first-order chi connectivity index (χ1) is 6.68. The van der Waals surface area contributed by atoms with Crippen molar-refractivity contribution in [2.45, 2.75) is 51.2 Å². The highest BCUT2D eigenvalue weighted by Crippen LogP contribution is 2.24. The quantitative estimate of drug-likeness (QED) is 0.477. The van der Waals surface area contributed by atoms with Crippen LogP contribution in [0.1, 0.15) is 39.0 Å². The first-order valence-electron chi connectivity index (χ1n) is 6.17. The van der Waals surface area contributed by atoms with Gasteiger partial charge in [0.2, 0.25) is 0 Å².